The Morgan fingerprint density at radius 1 is 0.511 bits per heavy atom. The molecule has 0 bridgehead atoms. The molecule has 8 rings (SSSR count). The predicted octanol–water partition coefficient (Wildman–Crippen LogP) is 11.7. The maximum absolute atomic E-state index is 4.37. The van der Waals surface area contributed by atoms with Gasteiger partial charge in [-0.3, -0.25) is 0 Å². The maximum Gasteiger partial charge on any atom is 0.0541 e. The van der Waals surface area contributed by atoms with Crippen LogP contribution in [0.2, 0.25) is 0 Å². The van der Waals surface area contributed by atoms with Crippen LogP contribution in [0.1, 0.15) is 11.1 Å². The Morgan fingerprint density at radius 2 is 1.20 bits per heavy atom. The van der Waals surface area contributed by atoms with E-state index in [4.69, 9.17) is 0 Å². The minimum absolute atomic E-state index is 0.994. The van der Waals surface area contributed by atoms with Crippen LogP contribution in [0, 0.1) is 6.92 Å². The molecule has 0 amide bonds. The molecule has 0 radical (unpaired) electrons. The lowest BCUT2D eigenvalue weighted by molar-refractivity contribution is 1.18. The number of allylic oxidation sites excluding steroid dienone is 4. The van der Waals surface area contributed by atoms with Crippen molar-refractivity contribution in [2.45, 2.75) is 6.92 Å². The highest BCUT2D eigenvalue weighted by Gasteiger charge is 2.17. The van der Waals surface area contributed by atoms with Gasteiger partial charge in [-0.25, -0.2) is 0 Å². The van der Waals surface area contributed by atoms with E-state index >= 15 is 0 Å². The van der Waals surface area contributed by atoms with Gasteiger partial charge in [0.1, 0.15) is 0 Å². The van der Waals surface area contributed by atoms with Gasteiger partial charge in [0.25, 0.3) is 0 Å². The van der Waals surface area contributed by atoms with E-state index in [1.165, 1.54) is 49.6 Å². The molecule has 0 saturated carbocycles. The number of anilines is 2. The summed E-state index contributed by atoms with van der Waals surface area (Å²) in [5, 5.41) is 2.48. The molecule has 1 aliphatic rings. The van der Waals surface area contributed by atoms with Crippen LogP contribution >= 0.6 is 0 Å². The monoisotopic (exact) mass is 576 g/mol. The van der Waals surface area contributed by atoms with Crippen molar-refractivity contribution < 1.29 is 0 Å². The zero-order valence-electron chi connectivity index (χ0n) is 25.2. The fourth-order valence-electron chi connectivity index (χ4n) is 6.55. The molecule has 0 spiro atoms. The zero-order valence-corrected chi connectivity index (χ0v) is 25.2. The summed E-state index contributed by atoms with van der Waals surface area (Å²) in [5.41, 5.74) is 14.0. The molecule has 214 valence electrons. The number of para-hydroxylation sites is 2. The Kier molecular flexibility index (Phi) is 6.54. The van der Waals surface area contributed by atoms with Crippen molar-refractivity contribution in [3.8, 4) is 27.9 Å². The van der Waals surface area contributed by atoms with Crippen molar-refractivity contribution in [1.82, 2.24) is 4.57 Å². The number of aromatic nitrogens is 1. The van der Waals surface area contributed by atoms with E-state index in [9.17, 15) is 0 Å². The number of hydrogen-bond acceptors (Lipinski definition) is 1. The first-order valence-electron chi connectivity index (χ1n) is 15.4. The molecule has 45 heavy (non-hydrogen) atoms. The van der Waals surface area contributed by atoms with Crippen molar-refractivity contribution >= 4 is 38.8 Å². The number of nitrogens with zero attached hydrogens (tertiary/aromatic N) is 2. The average Bonchev–Trinajstić information content (AvgIpc) is 3.41. The molecule has 0 N–H and O–H groups in total. The fourth-order valence-corrected chi connectivity index (χ4v) is 6.55. The van der Waals surface area contributed by atoms with Crippen LogP contribution in [0.3, 0.4) is 0 Å². The second-order valence-corrected chi connectivity index (χ2v) is 11.7. The van der Waals surface area contributed by atoms with Gasteiger partial charge in [-0.05, 0) is 89.4 Å². The van der Waals surface area contributed by atoms with Gasteiger partial charge in [-0.1, -0.05) is 115 Å². The summed E-state index contributed by atoms with van der Waals surface area (Å²) in [4.78, 5) is 2.25. The predicted molar refractivity (Wildman–Crippen MR) is 192 cm³/mol. The molecule has 2 heteroatoms. The number of benzene rings is 6. The van der Waals surface area contributed by atoms with Gasteiger partial charge in [0.05, 0.1) is 16.7 Å². The fraction of sp³-hybridized carbons (Fsp3) is 0.0233. The molecule has 1 aliphatic heterocycles. The van der Waals surface area contributed by atoms with E-state index in [-0.39, 0.29) is 0 Å². The highest BCUT2D eigenvalue weighted by Crippen LogP contribution is 2.40. The molecule has 6 aromatic carbocycles. The van der Waals surface area contributed by atoms with Crippen LogP contribution in [-0.4, -0.2) is 4.57 Å². The van der Waals surface area contributed by atoms with Crippen molar-refractivity contribution in [3.05, 3.63) is 182 Å². The molecule has 0 saturated heterocycles. The average molecular weight is 577 g/mol. The van der Waals surface area contributed by atoms with Gasteiger partial charge in [-0.15, -0.1) is 0 Å². The molecular formula is C43H32N2. The highest BCUT2D eigenvalue weighted by molar-refractivity contribution is 6.10. The van der Waals surface area contributed by atoms with Gasteiger partial charge in [-0.2, -0.15) is 0 Å². The van der Waals surface area contributed by atoms with Crippen molar-refractivity contribution in [1.29, 1.82) is 0 Å². The molecule has 0 atom stereocenters. The highest BCUT2D eigenvalue weighted by atomic mass is 15.1. The van der Waals surface area contributed by atoms with E-state index in [2.05, 4.69) is 187 Å². The van der Waals surface area contributed by atoms with Gasteiger partial charge >= 0.3 is 0 Å². The molecule has 2 nitrogen and oxygen atoms in total. The standard InChI is InChI=1S/C43H32N2/c1-30-12-10-14-32(26-30)33-15-11-18-37(27-33)45-41-20-7-6-19-39(41)40-28-34(22-24-42(40)45)35-21-23-38-31(2)13-8-9-25-44(43(38)29-35)36-16-4-3-5-17-36/h3-29H,2H2,1H3/b13-8-,25-9-. The third-order valence-electron chi connectivity index (χ3n) is 8.74. The van der Waals surface area contributed by atoms with Gasteiger partial charge < -0.3 is 9.47 Å². The zero-order chi connectivity index (χ0) is 30.3. The molecule has 1 aromatic heterocycles. The maximum atomic E-state index is 4.37. The minimum atomic E-state index is 0.994. The SMILES string of the molecule is C=C1/C=C\C=C/N(c2ccccc2)c2cc(-c3ccc4c(c3)c3ccccc3n4-c3cccc(-c4cccc(C)c4)c3)ccc21. The third-order valence-corrected chi connectivity index (χ3v) is 8.74. The summed E-state index contributed by atoms with van der Waals surface area (Å²) in [6.45, 7) is 6.52. The minimum Gasteiger partial charge on any atom is -0.317 e. The Hall–Kier alpha value is -5.86. The van der Waals surface area contributed by atoms with Gasteiger partial charge in [0, 0.05) is 33.9 Å². The summed E-state index contributed by atoms with van der Waals surface area (Å²) in [6, 6.07) is 50.4. The van der Waals surface area contributed by atoms with E-state index < -0.39 is 0 Å². The number of hydrogen-bond donors (Lipinski definition) is 0. The first kappa shape index (κ1) is 26.7. The largest absolute Gasteiger partial charge is 0.317 e. The molecule has 0 fully saturated rings. The van der Waals surface area contributed by atoms with E-state index in [1.54, 1.807) is 0 Å². The number of rotatable bonds is 4. The van der Waals surface area contributed by atoms with E-state index in [0.717, 1.165) is 28.2 Å². The first-order chi connectivity index (χ1) is 22.1. The number of aryl methyl sites for hydroxylation is 1. The Bertz CT molecular complexity index is 2300. The third kappa shape index (κ3) is 4.77. The number of fused-ring (bicyclic) bond motifs is 4. The lowest BCUT2D eigenvalue weighted by Crippen LogP contribution is -2.11. The topological polar surface area (TPSA) is 8.17 Å². The first-order valence-corrected chi connectivity index (χ1v) is 15.4. The lowest BCUT2D eigenvalue weighted by atomic mass is 9.96. The molecule has 7 aromatic rings. The van der Waals surface area contributed by atoms with Crippen LogP contribution in [0.15, 0.2) is 171 Å². The Morgan fingerprint density at radius 3 is 2.07 bits per heavy atom. The second-order valence-electron chi connectivity index (χ2n) is 11.7. The second kappa shape index (κ2) is 11.0. The smallest absolute Gasteiger partial charge is 0.0541 e. The van der Waals surface area contributed by atoms with Crippen LogP contribution in [0.25, 0.3) is 55.3 Å². The summed E-state index contributed by atoms with van der Waals surface area (Å²) in [5.74, 6) is 0. The summed E-state index contributed by atoms with van der Waals surface area (Å²) < 4.78 is 2.40. The molecule has 0 unspecified atom stereocenters. The molecule has 0 aliphatic carbocycles. The van der Waals surface area contributed by atoms with Gasteiger partial charge in [0.2, 0.25) is 0 Å². The van der Waals surface area contributed by atoms with Crippen LogP contribution < -0.4 is 4.90 Å². The summed E-state index contributed by atoms with van der Waals surface area (Å²) in [6.07, 6.45) is 8.33. The Balaban J connectivity index is 1.28. The quantitative estimate of drug-likeness (QED) is 0.202. The van der Waals surface area contributed by atoms with Crippen LogP contribution in [-0.2, 0) is 0 Å². The van der Waals surface area contributed by atoms with Crippen molar-refractivity contribution in [2.24, 2.45) is 0 Å². The van der Waals surface area contributed by atoms with Crippen LogP contribution in [0.5, 0.6) is 0 Å². The van der Waals surface area contributed by atoms with Crippen molar-refractivity contribution in [2.75, 3.05) is 4.90 Å². The van der Waals surface area contributed by atoms with Gasteiger partial charge in [0.15, 0.2) is 0 Å². The lowest BCUT2D eigenvalue weighted by Gasteiger charge is -2.26. The summed E-state index contributed by atoms with van der Waals surface area (Å²) >= 11 is 0. The van der Waals surface area contributed by atoms with Crippen molar-refractivity contribution in [3.63, 3.8) is 0 Å². The van der Waals surface area contributed by atoms with Crippen LogP contribution in [0.4, 0.5) is 11.4 Å². The Labute approximate surface area is 264 Å². The summed E-state index contributed by atoms with van der Waals surface area (Å²) in [7, 11) is 0. The van der Waals surface area contributed by atoms with E-state index in [0.29, 0.717) is 0 Å². The van der Waals surface area contributed by atoms with E-state index in [1.807, 2.05) is 0 Å². The normalized spacial score (nSPS) is 14.2. The molecule has 2 heterocycles. The molecular weight excluding hydrogens is 544 g/mol.